The molecule has 1 amide bonds. The van der Waals surface area contributed by atoms with Crippen LogP contribution in [0.15, 0.2) is 48.5 Å². The van der Waals surface area contributed by atoms with Gasteiger partial charge < -0.3 is 14.4 Å². The van der Waals surface area contributed by atoms with Crippen LogP contribution in [0.25, 0.3) is 0 Å². The number of hydrogen-bond donors (Lipinski definition) is 0. The smallest absolute Gasteiger partial charge is 0.260 e. The number of amides is 1. The van der Waals surface area contributed by atoms with Crippen LogP contribution in [0.1, 0.15) is 38.7 Å². The lowest BCUT2D eigenvalue weighted by atomic mass is 9.97. The monoisotopic (exact) mass is 353 g/mol. The maximum Gasteiger partial charge on any atom is 0.260 e. The maximum atomic E-state index is 12.5. The first-order valence-corrected chi connectivity index (χ1v) is 9.31. The maximum absolute atomic E-state index is 12.5. The van der Waals surface area contributed by atoms with Crippen molar-refractivity contribution in [1.29, 1.82) is 0 Å². The lowest BCUT2D eigenvalue weighted by Gasteiger charge is -2.38. The molecule has 1 fully saturated rings. The fourth-order valence-corrected chi connectivity index (χ4v) is 3.48. The standard InChI is InChI=1S/C22H27NO3/c1-16-7-9-20(10-8-16)26-21-13-11-19(12-14-21)25-15-22(24)23-17(2)5-4-6-18(23)3/h7-14,17-18H,4-6,15H2,1-3H3/t17-,18+. The number of ether oxygens (including phenoxy) is 2. The molecular weight excluding hydrogens is 326 g/mol. The van der Waals surface area contributed by atoms with Gasteiger partial charge in [0, 0.05) is 12.1 Å². The van der Waals surface area contributed by atoms with Crippen LogP contribution >= 0.6 is 0 Å². The fourth-order valence-electron chi connectivity index (χ4n) is 3.48. The summed E-state index contributed by atoms with van der Waals surface area (Å²) in [5, 5.41) is 0. The molecule has 1 aliphatic rings. The van der Waals surface area contributed by atoms with E-state index >= 15 is 0 Å². The Morgan fingerprint density at radius 3 is 2.00 bits per heavy atom. The van der Waals surface area contributed by atoms with E-state index in [0.29, 0.717) is 17.8 Å². The van der Waals surface area contributed by atoms with E-state index in [-0.39, 0.29) is 12.5 Å². The zero-order valence-electron chi connectivity index (χ0n) is 15.8. The lowest BCUT2D eigenvalue weighted by Crippen LogP contribution is -2.49. The molecule has 0 bridgehead atoms. The van der Waals surface area contributed by atoms with Gasteiger partial charge in [-0.3, -0.25) is 4.79 Å². The van der Waals surface area contributed by atoms with Crippen molar-refractivity contribution in [2.75, 3.05) is 6.61 Å². The van der Waals surface area contributed by atoms with Gasteiger partial charge in [0.1, 0.15) is 17.2 Å². The Morgan fingerprint density at radius 1 is 0.923 bits per heavy atom. The fraction of sp³-hybridized carbons (Fsp3) is 0.409. The van der Waals surface area contributed by atoms with Crippen LogP contribution in [0.4, 0.5) is 0 Å². The van der Waals surface area contributed by atoms with Gasteiger partial charge in [-0.15, -0.1) is 0 Å². The number of aryl methyl sites for hydroxylation is 1. The third-order valence-corrected chi connectivity index (χ3v) is 4.92. The van der Waals surface area contributed by atoms with Crippen molar-refractivity contribution in [3.05, 3.63) is 54.1 Å². The second-order valence-corrected chi connectivity index (χ2v) is 7.11. The Hall–Kier alpha value is -2.49. The average molecular weight is 353 g/mol. The number of likely N-dealkylation sites (tertiary alicyclic amines) is 1. The summed E-state index contributed by atoms with van der Waals surface area (Å²) < 4.78 is 11.5. The zero-order chi connectivity index (χ0) is 18.5. The number of benzene rings is 2. The number of nitrogens with zero attached hydrogens (tertiary/aromatic N) is 1. The van der Waals surface area contributed by atoms with E-state index in [0.717, 1.165) is 24.3 Å². The van der Waals surface area contributed by atoms with Crippen molar-refractivity contribution in [2.45, 2.75) is 52.1 Å². The average Bonchev–Trinajstić information content (AvgIpc) is 2.63. The Balaban J connectivity index is 1.54. The van der Waals surface area contributed by atoms with Crippen molar-refractivity contribution in [2.24, 2.45) is 0 Å². The zero-order valence-corrected chi connectivity index (χ0v) is 15.8. The molecule has 1 saturated heterocycles. The summed E-state index contributed by atoms with van der Waals surface area (Å²) in [5.74, 6) is 2.27. The topological polar surface area (TPSA) is 38.8 Å². The van der Waals surface area contributed by atoms with Gasteiger partial charge in [0.05, 0.1) is 0 Å². The largest absolute Gasteiger partial charge is 0.484 e. The molecule has 0 N–H and O–H groups in total. The predicted octanol–water partition coefficient (Wildman–Crippen LogP) is 4.96. The van der Waals surface area contributed by atoms with Gasteiger partial charge in [-0.2, -0.15) is 0 Å². The quantitative estimate of drug-likeness (QED) is 0.763. The molecule has 0 spiro atoms. The Bertz CT molecular complexity index is 714. The third-order valence-electron chi connectivity index (χ3n) is 4.92. The minimum absolute atomic E-state index is 0.0599. The second-order valence-electron chi connectivity index (χ2n) is 7.11. The first kappa shape index (κ1) is 18.3. The molecule has 0 aromatic heterocycles. The molecular formula is C22H27NO3. The van der Waals surface area contributed by atoms with E-state index in [2.05, 4.69) is 13.8 Å². The van der Waals surface area contributed by atoms with Gasteiger partial charge in [0.15, 0.2) is 6.61 Å². The van der Waals surface area contributed by atoms with Crippen LogP contribution in [-0.2, 0) is 4.79 Å². The van der Waals surface area contributed by atoms with E-state index in [1.165, 1.54) is 12.0 Å². The summed E-state index contributed by atoms with van der Waals surface area (Å²) in [6, 6.07) is 15.9. The summed E-state index contributed by atoms with van der Waals surface area (Å²) in [7, 11) is 0. The van der Waals surface area contributed by atoms with Crippen molar-refractivity contribution >= 4 is 5.91 Å². The molecule has 0 saturated carbocycles. The van der Waals surface area contributed by atoms with Crippen LogP contribution in [0, 0.1) is 6.92 Å². The van der Waals surface area contributed by atoms with Crippen molar-refractivity contribution in [1.82, 2.24) is 4.90 Å². The Labute approximate surface area is 155 Å². The molecule has 2 atom stereocenters. The number of carbonyl (C=O) groups excluding carboxylic acids is 1. The minimum atomic E-state index is 0.0599. The molecule has 26 heavy (non-hydrogen) atoms. The van der Waals surface area contributed by atoms with Gasteiger partial charge in [0.2, 0.25) is 0 Å². The van der Waals surface area contributed by atoms with Crippen molar-refractivity contribution in [3.63, 3.8) is 0 Å². The number of piperidine rings is 1. The van der Waals surface area contributed by atoms with Gasteiger partial charge >= 0.3 is 0 Å². The summed E-state index contributed by atoms with van der Waals surface area (Å²) in [6.45, 7) is 6.35. The molecule has 0 aliphatic carbocycles. The molecule has 4 heteroatoms. The van der Waals surface area contributed by atoms with Crippen LogP contribution in [0.5, 0.6) is 17.2 Å². The first-order valence-electron chi connectivity index (χ1n) is 9.31. The number of hydrogen-bond acceptors (Lipinski definition) is 3. The Kier molecular flexibility index (Phi) is 5.82. The lowest BCUT2D eigenvalue weighted by molar-refractivity contribution is -0.139. The normalized spacial score (nSPS) is 19.9. The van der Waals surface area contributed by atoms with Gasteiger partial charge in [-0.05, 0) is 76.4 Å². The summed E-state index contributed by atoms with van der Waals surface area (Å²) in [5.41, 5.74) is 1.20. The molecule has 1 heterocycles. The summed E-state index contributed by atoms with van der Waals surface area (Å²) in [6.07, 6.45) is 3.33. The van der Waals surface area contributed by atoms with Crippen LogP contribution in [-0.4, -0.2) is 29.5 Å². The van der Waals surface area contributed by atoms with Gasteiger partial charge in [0.25, 0.3) is 5.91 Å². The number of carbonyl (C=O) groups is 1. The van der Waals surface area contributed by atoms with Gasteiger partial charge in [-0.25, -0.2) is 0 Å². The highest BCUT2D eigenvalue weighted by Gasteiger charge is 2.28. The first-order chi connectivity index (χ1) is 12.5. The van der Waals surface area contributed by atoms with Crippen LogP contribution in [0.2, 0.25) is 0 Å². The van der Waals surface area contributed by atoms with E-state index < -0.39 is 0 Å². The predicted molar refractivity (Wildman–Crippen MR) is 103 cm³/mol. The molecule has 1 aliphatic heterocycles. The third kappa shape index (κ3) is 4.57. The summed E-state index contributed by atoms with van der Waals surface area (Å²) >= 11 is 0. The van der Waals surface area contributed by atoms with Gasteiger partial charge in [-0.1, -0.05) is 17.7 Å². The minimum Gasteiger partial charge on any atom is -0.484 e. The van der Waals surface area contributed by atoms with E-state index in [1.54, 1.807) is 0 Å². The molecule has 3 rings (SSSR count). The molecule has 0 radical (unpaired) electrons. The highest BCUT2D eigenvalue weighted by Crippen LogP contribution is 2.25. The van der Waals surface area contributed by atoms with E-state index in [1.807, 2.05) is 60.4 Å². The van der Waals surface area contributed by atoms with Crippen molar-refractivity contribution < 1.29 is 14.3 Å². The van der Waals surface area contributed by atoms with Crippen LogP contribution in [0.3, 0.4) is 0 Å². The SMILES string of the molecule is Cc1ccc(Oc2ccc(OCC(=O)N3[C@H](C)CCC[C@@H]3C)cc2)cc1. The molecule has 138 valence electrons. The highest BCUT2D eigenvalue weighted by molar-refractivity contribution is 5.78. The number of rotatable bonds is 5. The van der Waals surface area contributed by atoms with Crippen molar-refractivity contribution in [3.8, 4) is 17.2 Å². The molecule has 0 unspecified atom stereocenters. The Morgan fingerprint density at radius 2 is 1.42 bits per heavy atom. The highest BCUT2D eigenvalue weighted by atomic mass is 16.5. The van der Waals surface area contributed by atoms with E-state index in [4.69, 9.17) is 9.47 Å². The molecule has 2 aromatic carbocycles. The molecule has 2 aromatic rings. The molecule has 4 nitrogen and oxygen atoms in total. The second kappa shape index (κ2) is 8.26. The van der Waals surface area contributed by atoms with E-state index in [9.17, 15) is 4.79 Å². The summed E-state index contributed by atoms with van der Waals surface area (Å²) in [4.78, 5) is 14.5. The van der Waals surface area contributed by atoms with Crippen LogP contribution < -0.4 is 9.47 Å².